The molecule has 1 aromatic carbocycles. The first-order chi connectivity index (χ1) is 9.36. The molecule has 8 nitrogen and oxygen atoms in total. The second-order valence-corrected chi connectivity index (χ2v) is 3.98. The van der Waals surface area contributed by atoms with Crippen molar-refractivity contribution in [3.8, 4) is 0 Å². The van der Waals surface area contributed by atoms with E-state index in [2.05, 4.69) is 10.1 Å². The minimum Gasteiger partial charge on any atom is -0.464 e. The van der Waals surface area contributed by atoms with Gasteiger partial charge in [-0.25, -0.2) is 4.79 Å². The Bertz CT molecular complexity index is 544. The van der Waals surface area contributed by atoms with Crippen molar-refractivity contribution < 1.29 is 19.2 Å². The van der Waals surface area contributed by atoms with Crippen LogP contribution in [-0.4, -0.2) is 29.4 Å². The van der Waals surface area contributed by atoms with Crippen LogP contribution in [0.4, 0.5) is 11.4 Å². The standard InChI is InChI=1S/C12H15N3O5/c1-3-20-12(17)10(13)11(16)14-8-5-4-7(2)9(6-8)15(18)19/h4-6,10H,3,13H2,1-2H3,(H,14,16). The second kappa shape index (κ2) is 6.62. The van der Waals surface area contributed by atoms with Crippen LogP contribution in [0, 0.1) is 17.0 Å². The molecule has 0 saturated heterocycles. The predicted molar refractivity (Wildman–Crippen MR) is 71.1 cm³/mol. The summed E-state index contributed by atoms with van der Waals surface area (Å²) in [4.78, 5) is 33.2. The van der Waals surface area contributed by atoms with Crippen molar-refractivity contribution in [1.29, 1.82) is 0 Å². The lowest BCUT2D eigenvalue weighted by molar-refractivity contribution is -0.385. The number of carbonyl (C=O) groups excluding carboxylic acids is 2. The van der Waals surface area contributed by atoms with Crippen LogP contribution in [0.15, 0.2) is 18.2 Å². The summed E-state index contributed by atoms with van der Waals surface area (Å²) in [7, 11) is 0. The molecule has 0 spiro atoms. The molecule has 1 rings (SSSR count). The molecule has 8 heteroatoms. The first kappa shape index (κ1) is 15.6. The summed E-state index contributed by atoms with van der Waals surface area (Å²) >= 11 is 0. The number of hydrogen-bond acceptors (Lipinski definition) is 6. The maximum atomic E-state index is 11.7. The van der Waals surface area contributed by atoms with E-state index in [0.29, 0.717) is 5.56 Å². The molecule has 108 valence electrons. The molecule has 0 heterocycles. The second-order valence-electron chi connectivity index (χ2n) is 3.98. The number of nitro benzene ring substituents is 1. The first-order valence-electron chi connectivity index (χ1n) is 5.85. The Hall–Kier alpha value is -2.48. The van der Waals surface area contributed by atoms with Crippen molar-refractivity contribution in [2.24, 2.45) is 5.73 Å². The number of carbonyl (C=O) groups is 2. The summed E-state index contributed by atoms with van der Waals surface area (Å²) in [5.41, 5.74) is 5.92. The lowest BCUT2D eigenvalue weighted by Gasteiger charge is -2.11. The number of anilines is 1. The predicted octanol–water partition coefficient (Wildman–Crippen LogP) is 0.732. The van der Waals surface area contributed by atoms with Crippen LogP contribution >= 0.6 is 0 Å². The summed E-state index contributed by atoms with van der Waals surface area (Å²) < 4.78 is 4.61. The number of esters is 1. The minimum atomic E-state index is -1.48. The third-order valence-electron chi connectivity index (χ3n) is 2.50. The van der Waals surface area contributed by atoms with Crippen molar-refractivity contribution in [2.75, 3.05) is 11.9 Å². The molecule has 1 unspecified atom stereocenters. The van der Waals surface area contributed by atoms with Gasteiger partial charge in [0, 0.05) is 17.3 Å². The van der Waals surface area contributed by atoms with E-state index in [-0.39, 0.29) is 18.0 Å². The number of amides is 1. The highest BCUT2D eigenvalue weighted by molar-refractivity contribution is 6.08. The number of rotatable bonds is 5. The van der Waals surface area contributed by atoms with E-state index in [1.54, 1.807) is 13.8 Å². The van der Waals surface area contributed by atoms with Gasteiger partial charge in [0.15, 0.2) is 6.04 Å². The van der Waals surface area contributed by atoms with Gasteiger partial charge >= 0.3 is 5.97 Å². The molecule has 0 bridgehead atoms. The van der Waals surface area contributed by atoms with Crippen LogP contribution in [0.1, 0.15) is 12.5 Å². The van der Waals surface area contributed by atoms with E-state index in [1.807, 2.05) is 0 Å². The molecule has 0 radical (unpaired) electrons. The van der Waals surface area contributed by atoms with Gasteiger partial charge < -0.3 is 15.8 Å². The van der Waals surface area contributed by atoms with E-state index in [0.717, 1.165) is 0 Å². The van der Waals surface area contributed by atoms with Gasteiger partial charge in [-0.3, -0.25) is 14.9 Å². The summed E-state index contributed by atoms with van der Waals surface area (Å²) in [5, 5.41) is 13.1. The number of ether oxygens (including phenoxy) is 1. The van der Waals surface area contributed by atoms with Crippen LogP contribution < -0.4 is 11.1 Å². The molecule has 1 amide bonds. The minimum absolute atomic E-state index is 0.107. The largest absolute Gasteiger partial charge is 0.464 e. The fourth-order valence-electron chi connectivity index (χ4n) is 1.44. The van der Waals surface area contributed by atoms with Gasteiger partial charge in [-0.1, -0.05) is 6.07 Å². The Labute approximate surface area is 115 Å². The molecule has 1 atom stereocenters. The van der Waals surface area contributed by atoms with Gasteiger partial charge in [0.05, 0.1) is 11.5 Å². The molecule has 0 aromatic heterocycles. The highest BCUT2D eigenvalue weighted by Gasteiger charge is 2.24. The van der Waals surface area contributed by atoms with Crippen LogP contribution in [-0.2, 0) is 14.3 Å². The zero-order valence-corrected chi connectivity index (χ0v) is 11.1. The maximum Gasteiger partial charge on any atom is 0.332 e. The smallest absolute Gasteiger partial charge is 0.332 e. The Morgan fingerprint density at radius 1 is 1.50 bits per heavy atom. The van der Waals surface area contributed by atoms with Crippen molar-refractivity contribution in [1.82, 2.24) is 0 Å². The van der Waals surface area contributed by atoms with Gasteiger partial charge in [0.2, 0.25) is 0 Å². The number of benzene rings is 1. The number of nitrogens with one attached hydrogen (secondary N) is 1. The zero-order chi connectivity index (χ0) is 15.3. The van der Waals surface area contributed by atoms with Gasteiger partial charge in [-0.15, -0.1) is 0 Å². The van der Waals surface area contributed by atoms with Crippen molar-refractivity contribution in [2.45, 2.75) is 19.9 Å². The SMILES string of the molecule is CCOC(=O)C(N)C(=O)Nc1ccc(C)c([N+](=O)[O-])c1. The Balaban J connectivity index is 2.83. The van der Waals surface area contributed by atoms with Gasteiger partial charge in [-0.05, 0) is 19.9 Å². The molecule has 0 aliphatic heterocycles. The molecular formula is C12H15N3O5. The topological polar surface area (TPSA) is 125 Å². The fraction of sp³-hybridized carbons (Fsp3) is 0.333. The summed E-state index contributed by atoms with van der Waals surface area (Å²) in [5.74, 6) is -1.65. The molecule has 3 N–H and O–H groups in total. The van der Waals surface area contributed by atoms with Gasteiger partial charge in [-0.2, -0.15) is 0 Å². The number of nitrogens with two attached hydrogens (primary N) is 1. The number of nitrogens with zero attached hydrogens (tertiary/aromatic N) is 1. The average Bonchev–Trinajstić information content (AvgIpc) is 2.39. The third kappa shape index (κ3) is 3.75. The Morgan fingerprint density at radius 3 is 2.70 bits per heavy atom. The number of aryl methyl sites for hydroxylation is 1. The van der Waals surface area contributed by atoms with Crippen molar-refractivity contribution in [3.63, 3.8) is 0 Å². The third-order valence-corrected chi connectivity index (χ3v) is 2.50. The highest BCUT2D eigenvalue weighted by Crippen LogP contribution is 2.22. The summed E-state index contributed by atoms with van der Waals surface area (Å²) in [6.07, 6.45) is 0. The molecule has 0 fully saturated rings. The lowest BCUT2D eigenvalue weighted by atomic mass is 10.2. The van der Waals surface area contributed by atoms with E-state index in [9.17, 15) is 19.7 Å². The van der Waals surface area contributed by atoms with Gasteiger partial charge in [0.25, 0.3) is 11.6 Å². The van der Waals surface area contributed by atoms with Crippen LogP contribution in [0.2, 0.25) is 0 Å². The number of nitro groups is 1. The fourth-order valence-corrected chi connectivity index (χ4v) is 1.44. The molecule has 0 aliphatic rings. The van der Waals surface area contributed by atoms with E-state index >= 15 is 0 Å². The molecule has 0 saturated carbocycles. The lowest BCUT2D eigenvalue weighted by Crippen LogP contribution is -2.43. The molecule has 20 heavy (non-hydrogen) atoms. The Morgan fingerprint density at radius 2 is 2.15 bits per heavy atom. The van der Waals surface area contributed by atoms with Crippen molar-refractivity contribution >= 4 is 23.3 Å². The first-order valence-corrected chi connectivity index (χ1v) is 5.85. The van der Waals surface area contributed by atoms with E-state index in [1.165, 1.54) is 18.2 Å². The Kier molecular flexibility index (Phi) is 5.15. The molecular weight excluding hydrogens is 266 g/mol. The van der Waals surface area contributed by atoms with Crippen molar-refractivity contribution in [3.05, 3.63) is 33.9 Å². The normalized spacial score (nSPS) is 11.6. The monoisotopic (exact) mass is 281 g/mol. The van der Waals surface area contributed by atoms with Crippen LogP contribution in [0.25, 0.3) is 0 Å². The quantitative estimate of drug-likeness (QED) is 0.355. The molecule has 0 aliphatic carbocycles. The average molecular weight is 281 g/mol. The van der Waals surface area contributed by atoms with Crippen LogP contribution in [0.5, 0.6) is 0 Å². The number of hydrogen-bond donors (Lipinski definition) is 2. The summed E-state index contributed by atoms with van der Waals surface area (Å²) in [6.45, 7) is 3.27. The van der Waals surface area contributed by atoms with Crippen LogP contribution in [0.3, 0.4) is 0 Å². The van der Waals surface area contributed by atoms with Gasteiger partial charge in [0.1, 0.15) is 0 Å². The highest BCUT2D eigenvalue weighted by atomic mass is 16.6. The van der Waals surface area contributed by atoms with E-state index in [4.69, 9.17) is 5.73 Å². The molecule has 1 aromatic rings. The zero-order valence-electron chi connectivity index (χ0n) is 11.1. The van der Waals surface area contributed by atoms with E-state index < -0.39 is 22.8 Å². The maximum absolute atomic E-state index is 11.7. The summed E-state index contributed by atoms with van der Waals surface area (Å²) in [6, 6.07) is 2.70.